The first kappa shape index (κ1) is 20.6. The van der Waals surface area contributed by atoms with E-state index >= 15 is 4.39 Å². The van der Waals surface area contributed by atoms with Crippen LogP contribution in [0, 0.1) is 18.6 Å². The molecule has 0 saturated carbocycles. The number of aliphatic hydroxyl groups excluding tert-OH is 1. The predicted octanol–water partition coefficient (Wildman–Crippen LogP) is 5.29. The zero-order valence-electron chi connectivity index (χ0n) is 17.1. The Morgan fingerprint density at radius 1 is 1.07 bits per heavy atom. The van der Waals surface area contributed by atoms with Crippen LogP contribution in [0.2, 0.25) is 0 Å². The third-order valence-electron chi connectivity index (χ3n) is 5.69. The van der Waals surface area contributed by atoms with Crippen LogP contribution in [0.15, 0.2) is 57.9 Å². The number of ketones is 1. The zero-order valence-corrected chi connectivity index (χ0v) is 17.9. The van der Waals surface area contributed by atoms with Crippen molar-refractivity contribution < 1.29 is 23.8 Å². The topological polar surface area (TPSA) is 57.5 Å². The van der Waals surface area contributed by atoms with E-state index in [2.05, 4.69) is 0 Å². The van der Waals surface area contributed by atoms with Crippen LogP contribution in [0.1, 0.15) is 35.3 Å². The molecule has 1 unspecified atom stereocenters. The third kappa shape index (κ3) is 2.94. The summed E-state index contributed by atoms with van der Waals surface area (Å²) in [7, 11) is -1.68. The minimum Gasteiger partial charge on any atom is -0.508 e. The molecule has 156 valence electrons. The standard InChI is InChI=1S/C24H22F2O3S/c1-12-9-18(13(2)27)23(25)24(26)21(12)22-16-7-5-14(28)10-19(16)30(3,4)20-11-15(29)6-8-17(20)22/h5-11,13,27-28H,1-4H3. The molecule has 0 spiro atoms. The first-order valence-corrected chi connectivity index (χ1v) is 11.9. The van der Waals surface area contributed by atoms with Gasteiger partial charge in [0.05, 0.1) is 6.10 Å². The monoisotopic (exact) mass is 428 g/mol. The first-order chi connectivity index (χ1) is 14.0. The van der Waals surface area contributed by atoms with E-state index in [1.807, 2.05) is 12.5 Å². The summed E-state index contributed by atoms with van der Waals surface area (Å²) in [6.45, 7) is 3.06. The van der Waals surface area contributed by atoms with Gasteiger partial charge >= 0.3 is 0 Å². The maximum Gasteiger partial charge on any atom is 0.179 e. The van der Waals surface area contributed by atoms with Gasteiger partial charge < -0.3 is 10.2 Å². The minimum absolute atomic E-state index is 0.0724. The van der Waals surface area contributed by atoms with Gasteiger partial charge in [0.15, 0.2) is 17.4 Å². The number of halogens is 2. The molecule has 6 heteroatoms. The van der Waals surface area contributed by atoms with Crippen molar-refractivity contribution in [2.45, 2.75) is 24.8 Å². The van der Waals surface area contributed by atoms with E-state index in [0.29, 0.717) is 22.3 Å². The summed E-state index contributed by atoms with van der Waals surface area (Å²) in [6.07, 6.45) is 7.52. The highest BCUT2D eigenvalue weighted by Gasteiger charge is 2.37. The number of phenols is 1. The number of aryl methyl sites for hydroxylation is 1. The summed E-state index contributed by atoms with van der Waals surface area (Å²) in [5.74, 6) is -2.21. The highest BCUT2D eigenvalue weighted by molar-refractivity contribution is 8.36. The second kappa shape index (κ2) is 6.93. The van der Waals surface area contributed by atoms with Gasteiger partial charge in [0.1, 0.15) is 5.75 Å². The molecule has 0 fully saturated rings. The molecular formula is C24H22F2O3S. The van der Waals surface area contributed by atoms with E-state index < -0.39 is 27.8 Å². The van der Waals surface area contributed by atoms with Crippen LogP contribution < -0.4 is 0 Å². The molecule has 0 amide bonds. The number of benzene rings is 2. The van der Waals surface area contributed by atoms with Gasteiger partial charge in [0.25, 0.3) is 0 Å². The second-order valence-corrected chi connectivity index (χ2v) is 11.5. The Morgan fingerprint density at radius 3 is 2.43 bits per heavy atom. The predicted molar refractivity (Wildman–Crippen MR) is 116 cm³/mol. The van der Waals surface area contributed by atoms with Gasteiger partial charge in [-0.25, -0.2) is 8.78 Å². The molecule has 1 atom stereocenters. The lowest BCUT2D eigenvalue weighted by molar-refractivity contribution is -0.110. The van der Waals surface area contributed by atoms with Gasteiger partial charge in [-0.3, -0.25) is 4.79 Å². The molecule has 4 rings (SSSR count). The SMILES string of the molecule is Cc1cc(C(C)O)c(F)c(F)c1C1=C2C=CC(=O)C=C2S(C)(C)c2cc(O)ccc21. The van der Waals surface area contributed by atoms with E-state index in [1.54, 1.807) is 31.2 Å². The van der Waals surface area contributed by atoms with Gasteiger partial charge in [-0.1, -0.05) is 0 Å². The smallest absolute Gasteiger partial charge is 0.179 e. The van der Waals surface area contributed by atoms with Crippen molar-refractivity contribution in [3.8, 4) is 5.75 Å². The van der Waals surface area contributed by atoms with E-state index in [0.717, 1.165) is 9.80 Å². The number of fused-ring (bicyclic) bond motifs is 2. The molecule has 0 radical (unpaired) electrons. The quantitative estimate of drug-likeness (QED) is 0.683. The summed E-state index contributed by atoms with van der Waals surface area (Å²) in [4.78, 5) is 13.7. The van der Waals surface area contributed by atoms with E-state index in [1.165, 1.54) is 25.1 Å². The zero-order chi connectivity index (χ0) is 22.0. The van der Waals surface area contributed by atoms with Crippen molar-refractivity contribution in [1.82, 2.24) is 0 Å². The van der Waals surface area contributed by atoms with Crippen molar-refractivity contribution in [3.05, 3.63) is 86.9 Å². The van der Waals surface area contributed by atoms with E-state index in [9.17, 15) is 19.4 Å². The molecule has 3 nitrogen and oxygen atoms in total. The Labute approximate surface area is 175 Å². The van der Waals surface area contributed by atoms with E-state index in [4.69, 9.17) is 0 Å². The third-order valence-corrected chi connectivity index (χ3v) is 8.56. The van der Waals surface area contributed by atoms with Gasteiger partial charge in [0, 0.05) is 26.5 Å². The molecule has 0 saturated heterocycles. The highest BCUT2D eigenvalue weighted by atomic mass is 32.3. The van der Waals surface area contributed by atoms with Crippen LogP contribution in [0.4, 0.5) is 8.78 Å². The molecule has 1 aliphatic carbocycles. The number of aromatic hydroxyl groups is 1. The Hall–Kier alpha value is -2.70. The van der Waals surface area contributed by atoms with Crippen LogP contribution in [0.5, 0.6) is 5.75 Å². The summed E-state index contributed by atoms with van der Waals surface area (Å²) in [5, 5.41) is 19.9. The first-order valence-electron chi connectivity index (χ1n) is 9.46. The number of rotatable bonds is 2. The second-order valence-electron chi connectivity index (χ2n) is 8.00. The molecular weight excluding hydrogens is 406 g/mol. The number of hydrogen-bond acceptors (Lipinski definition) is 3. The number of carbonyl (C=O) groups excluding carboxylic acids is 1. The summed E-state index contributed by atoms with van der Waals surface area (Å²) in [5.41, 5.74) is 2.34. The van der Waals surface area contributed by atoms with Crippen molar-refractivity contribution in [2.75, 3.05) is 12.5 Å². The molecule has 2 aromatic carbocycles. The Kier molecular flexibility index (Phi) is 4.75. The van der Waals surface area contributed by atoms with Crippen LogP contribution in [0.3, 0.4) is 0 Å². The van der Waals surface area contributed by atoms with Crippen LogP contribution in [0.25, 0.3) is 5.57 Å². The molecule has 1 heterocycles. The Morgan fingerprint density at radius 2 is 1.77 bits per heavy atom. The number of carbonyl (C=O) groups is 1. The summed E-state index contributed by atoms with van der Waals surface area (Å²) in [6, 6.07) is 6.33. The van der Waals surface area contributed by atoms with Gasteiger partial charge in [-0.05, 0) is 85.6 Å². The number of hydrogen-bond donors (Lipinski definition) is 2. The van der Waals surface area contributed by atoms with Crippen LogP contribution >= 0.6 is 10.0 Å². The normalized spacial score (nSPS) is 19.2. The fraction of sp³-hybridized carbons (Fsp3) is 0.208. The number of phenolic OH excluding ortho intramolecular Hbond substituents is 1. The van der Waals surface area contributed by atoms with Crippen molar-refractivity contribution in [1.29, 1.82) is 0 Å². The van der Waals surface area contributed by atoms with Crippen LogP contribution in [-0.4, -0.2) is 28.5 Å². The fourth-order valence-electron chi connectivity index (χ4n) is 4.19. The summed E-state index contributed by atoms with van der Waals surface area (Å²) < 4.78 is 30.2. The van der Waals surface area contributed by atoms with Crippen molar-refractivity contribution >= 4 is 21.4 Å². The van der Waals surface area contributed by atoms with Gasteiger partial charge in [-0.2, -0.15) is 10.0 Å². The molecule has 2 aromatic rings. The lowest BCUT2D eigenvalue weighted by atomic mass is 9.86. The summed E-state index contributed by atoms with van der Waals surface area (Å²) >= 11 is 0. The highest BCUT2D eigenvalue weighted by Crippen LogP contribution is 2.66. The number of aliphatic hydroxyl groups is 1. The fourth-order valence-corrected chi connectivity index (χ4v) is 6.70. The average Bonchev–Trinajstić information content (AvgIpc) is 2.67. The minimum atomic E-state index is -1.68. The Bertz CT molecular complexity index is 1200. The van der Waals surface area contributed by atoms with E-state index in [-0.39, 0.29) is 22.7 Å². The molecule has 0 aromatic heterocycles. The molecule has 0 bridgehead atoms. The van der Waals surface area contributed by atoms with Crippen LogP contribution in [-0.2, 0) is 4.79 Å². The lowest BCUT2D eigenvalue weighted by Gasteiger charge is -2.43. The van der Waals surface area contributed by atoms with Crippen molar-refractivity contribution in [3.63, 3.8) is 0 Å². The Balaban J connectivity index is 2.15. The molecule has 2 N–H and O–H groups in total. The maximum absolute atomic E-state index is 15.4. The van der Waals surface area contributed by atoms with Gasteiger partial charge in [0.2, 0.25) is 0 Å². The maximum atomic E-state index is 15.4. The largest absolute Gasteiger partial charge is 0.508 e. The van der Waals surface area contributed by atoms with Crippen molar-refractivity contribution in [2.24, 2.45) is 0 Å². The molecule has 30 heavy (non-hydrogen) atoms. The average molecular weight is 429 g/mol. The molecule has 2 aliphatic rings. The van der Waals surface area contributed by atoms with Gasteiger partial charge in [-0.15, -0.1) is 0 Å². The lowest BCUT2D eigenvalue weighted by Crippen LogP contribution is -2.17. The molecule has 1 aliphatic heterocycles. The number of allylic oxidation sites excluding steroid dienone is 4.